The highest BCUT2D eigenvalue weighted by molar-refractivity contribution is 7.91. The molecule has 0 fully saturated rings. The first-order valence-electron chi connectivity index (χ1n) is 10.4. The number of aryl methyl sites for hydroxylation is 3. The number of hydrogen-bond donors (Lipinski definition) is 1. The molecule has 0 saturated carbocycles. The summed E-state index contributed by atoms with van der Waals surface area (Å²) < 4.78 is 41.5. The van der Waals surface area contributed by atoms with E-state index in [1.54, 1.807) is 32.0 Å². The van der Waals surface area contributed by atoms with Crippen LogP contribution in [0.1, 0.15) is 16.8 Å². The van der Waals surface area contributed by atoms with Crippen molar-refractivity contribution in [2.75, 3.05) is 5.32 Å². The number of sulfone groups is 1. The first-order valence-corrected chi connectivity index (χ1v) is 11.9. The van der Waals surface area contributed by atoms with Gasteiger partial charge in [0, 0.05) is 17.6 Å². The number of nitrogens with zero attached hydrogens (tertiary/aromatic N) is 2. The molecule has 0 aliphatic rings. The fourth-order valence-electron chi connectivity index (χ4n) is 3.75. The number of benzene rings is 2. The molecule has 1 amide bonds. The number of carbonyl (C=O) groups excluding carboxylic acids is 1. The van der Waals surface area contributed by atoms with E-state index >= 15 is 0 Å². The van der Waals surface area contributed by atoms with E-state index in [9.17, 15) is 22.4 Å². The number of anilines is 1. The average Bonchev–Trinajstić information content (AvgIpc) is 2.76. The van der Waals surface area contributed by atoms with E-state index in [0.29, 0.717) is 16.9 Å². The molecule has 0 atom stereocenters. The van der Waals surface area contributed by atoms with Crippen molar-refractivity contribution in [1.82, 2.24) is 9.55 Å². The van der Waals surface area contributed by atoms with Crippen molar-refractivity contribution in [3.63, 3.8) is 0 Å². The van der Waals surface area contributed by atoms with E-state index < -0.39 is 31.9 Å². The number of aromatic nitrogens is 2. The predicted molar refractivity (Wildman–Crippen MR) is 127 cm³/mol. The number of rotatable bonds is 5. The largest absolute Gasteiger partial charge is 0.325 e. The molecule has 34 heavy (non-hydrogen) atoms. The van der Waals surface area contributed by atoms with E-state index in [4.69, 9.17) is 0 Å². The van der Waals surface area contributed by atoms with Crippen LogP contribution < -0.4 is 10.7 Å². The zero-order valence-corrected chi connectivity index (χ0v) is 19.6. The summed E-state index contributed by atoms with van der Waals surface area (Å²) in [6.45, 7) is 4.94. The number of hydrogen-bond acceptors (Lipinski definition) is 5. The van der Waals surface area contributed by atoms with Gasteiger partial charge in [0.2, 0.25) is 21.2 Å². The molecule has 0 spiro atoms. The molecular formula is C25H22FN3O4S. The van der Waals surface area contributed by atoms with Crippen LogP contribution in [0.25, 0.3) is 11.0 Å². The van der Waals surface area contributed by atoms with Crippen LogP contribution in [0.3, 0.4) is 0 Å². The van der Waals surface area contributed by atoms with Crippen LogP contribution in [0.5, 0.6) is 0 Å². The Labute approximate surface area is 195 Å². The Morgan fingerprint density at radius 1 is 1.00 bits per heavy atom. The smallest absolute Gasteiger partial charge is 0.244 e. The van der Waals surface area contributed by atoms with Gasteiger partial charge in [-0.15, -0.1) is 0 Å². The van der Waals surface area contributed by atoms with Gasteiger partial charge in [0.1, 0.15) is 22.9 Å². The Kier molecular flexibility index (Phi) is 6.05. The van der Waals surface area contributed by atoms with Gasteiger partial charge in [0.25, 0.3) is 0 Å². The lowest BCUT2D eigenvalue weighted by atomic mass is 10.2. The summed E-state index contributed by atoms with van der Waals surface area (Å²) in [5, 5.41) is 2.72. The summed E-state index contributed by atoms with van der Waals surface area (Å²) in [5.74, 6) is -0.931. The summed E-state index contributed by atoms with van der Waals surface area (Å²) >= 11 is 0. The lowest BCUT2D eigenvalue weighted by molar-refractivity contribution is -0.116. The van der Waals surface area contributed by atoms with E-state index in [2.05, 4.69) is 10.3 Å². The highest BCUT2D eigenvalue weighted by Gasteiger charge is 2.26. The molecule has 0 unspecified atom stereocenters. The second kappa shape index (κ2) is 8.83. The Hall–Kier alpha value is -3.85. The van der Waals surface area contributed by atoms with Gasteiger partial charge in [-0.2, -0.15) is 0 Å². The van der Waals surface area contributed by atoms with Crippen LogP contribution in [0, 0.1) is 26.6 Å². The first kappa shape index (κ1) is 23.3. The molecule has 0 saturated heterocycles. The minimum absolute atomic E-state index is 0.0249. The van der Waals surface area contributed by atoms with E-state index in [1.807, 2.05) is 6.92 Å². The molecule has 9 heteroatoms. The van der Waals surface area contributed by atoms with Gasteiger partial charge in [-0.3, -0.25) is 9.59 Å². The van der Waals surface area contributed by atoms with Crippen LogP contribution in [0.2, 0.25) is 0 Å². The molecule has 7 nitrogen and oxygen atoms in total. The van der Waals surface area contributed by atoms with E-state index in [1.165, 1.54) is 41.0 Å². The maximum atomic E-state index is 13.5. The minimum Gasteiger partial charge on any atom is -0.325 e. The van der Waals surface area contributed by atoms with Gasteiger partial charge < -0.3 is 9.88 Å². The first-order chi connectivity index (χ1) is 16.1. The highest BCUT2D eigenvalue weighted by Crippen LogP contribution is 2.24. The third-order valence-electron chi connectivity index (χ3n) is 5.38. The van der Waals surface area contributed by atoms with Crippen LogP contribution >= 0.6 is 0 Å². The summed E-state index contributed by atoms with van der Waals surface area (Å²) in [7, 11) is -4.18. The zero-order valence-electron chi connectivity index (χ0n) is 18.8. The Bertz CT molecular complexity index is 1590. The molecule has 1 N–H and O–H groups in total. The Morgan fingerprint density at radius 3 is 2.38 bits per heavy atom. The highest BCUT2D eigenvalue weighted by atomic mass is 32.2. The second-order valence-electron chi connectivity index (χ2n) is 8.10. The van der Waals surface area contributed by atoms with Crippen molar-refractivity contribution in [3.8, 4) is 0 Å². The van der Waals surface area contributed by atoms with E-state index in [0.717, 1.165) is 11.8 Å². The van der Waals surface area contributed by atoms with Crippen LogP contribution in [-0.4, -0.2) is 23.9 Å². The van der Waals surface area contributed by atoms with Crippen molar-refractivity contribution < 1.29 is 17.6 Å². The molecule has 174 valence electrons. The van der Waals surface area contributed by atoms with Gasteiger partial charge in [-0.05, 0) is 68.8 Å². The quantitative estimate of drug-likeness (QED) is 0.468. The van der Waals surface area contributed by atoms with Crippen molar-refractivity contribution in [2.45, 2.75) is 37.1 Å². The fourth-order valence-corrected chi connectivity index (χ4v) is 5.34. The van der Waals surface area contributed by atoms with E-state index in [-0.39, 0.29) is 22.5 Å². The maximum Gasteiger partial charge on any atom is 0.244 e. The van der Waals surface area contributed by atoms with Crippen LogP contribution in [0.4, 0.5) is 10.1 Å². The van der Waals surface area contributed by atoms with Crippen LogP contribution in [-0.2, 0) is 21.2 Å². The third kappa shape index (κ3) is 4.47. The van der Waals surface area contributed by atoms with Crippen molar-refractivity contribution in [2.24, 2.45) is 0 Å². The average molecular weight is 480 g/mol. The monoisotopic (exact) mass is 479 g/mol. The number of pyridine rings is 2. The van der Waals surface area contributed by atoms with Crippen molar-refractivity contribution in [1.29, 1.82) is 0 Å². The van der Waals surface area contributed by atoms with Gasteiger partial charge in [-0.1, -0.05) is 17.7 Å². The number of halogens is 1. The molecule has 0 aliphatic heterocycles. The zero-order chi connectivity index (χ0) is 24.6. The lowest BCUT2D eigenvalue weighted by Crippen LogP contribution is -2.24. The normalized spacial score (nSPS) is 11.5. The summed E-state index contributed by atoms with van der Waals surface area (Å²) in [5.41, 5.74) is 1.90. The van der Waals surface area contributed by atoms with Gasteiger partial charge in [0.05, 0.1) is 10.3 Å². The van der Waals surface area contributed by atoms with Gasteiger partial charge in [0.15, 0.2) is 0 Å². The second-order valence-corrected chi connectivity index (χ2v) is 9.99. The third-order valence-corrected chi connectivity index (χ3v) is 7.29. The molecule has 4 rings (SSSR count). The predicted octanol–water partition coefficient (Wildman–Crippen LogP) is 3.93. The lowest BCUT2D eigenvalue weighted by Gasteiger charge is -2.15. The molecule has 0 radical (unpaired) electrons. The van der Waals surface area contributed by atoms with Crippen molar-refractivity contribution in [3.05, 3.63) is 93.7 Å². The molecule has 2 aromatic heterocycles. The number of carbonyl (C=O) groups is 1. The minimum atomic E-state index is -4.18. The number of fused-ring (bicyclic) bond motifs is 1. The molecule has 0 aliphatic carbocycles. The molecule has 4 aromatic rings. The van der Waals surface area contributed by atoms with Gasteiger partial charge in [-0.25, -0.2) is 17.8 Å². The fraction of sp³-hybridized carbons (Fsp3) is 0.160. The number of nitrogens with one attached hydrogen (secondary N) is 1. The number of amides is 1. The summed E-state index contributed by atoms with van der Waals surface area (Å²) in [6.07, 6.45) is 1.16. The molecule has 2 aromatic carbocycles. The molecular weight excluding hydrogens is 457 g/mol. The Balaban J connectivity index is 1.84. The SMILES string of the molecule is Cc1ccc(S(=O)(=O)c2cn(CC(=O)Nc3ccc(F)cc3)c3nc(C)ccc3c2=O)c(C)c1. The maximum absolute atomic E-state index is 13.5. The summed E-state index contributed by atoms with van der Waals surface area (Å²) in [4.78, 5) is 29.9. The molecule has 2 heterocycles. The van der Waals surface area contributed by atoms with Crippen molar-refractivity contribution >= 4 is 32.5 Å². The molecule has 0 bridgehead atoms. The Morgan fingerprint density at radius 2 is 1.71 bits per heavy atom. The topological polar surface area (TPSA) is 98.1 Å². The van der Waals surface area contributed by atoms with Gasteiger partial charge >= 0.3 is 0 Å². The standard InChI is InChI=1S/C25H22FN3O4S/c1-15-4-11-21(16(2)12-15)34(32,33)22-13-29(25-20(24(22)31)10-5-17(3)27-25)14-23(30)28-19-8-6-18(26)7-9-19/h4-13H,14H2,1-3H3,(H,28,30). The summed E-state index contributed by atoms with van der Waals surface area (Å²) in [6, 6.07) is 13.2. The van der Waals surface area contributed by atoms with Crippen LogP contribution in [0.15, 0.2) is 75.4 Å².